The molecule has 2 aromatic rings. The van der Waals surface area contributed by atoms with Gasteiger partial charge in [-0.15, -0.1) is 10.2 Å². The van der Waals surface area contributed by atoms with Crippen molar-refractivity contribution in [3.63, 3.8) is 0 Å². The lowest BCUT2D eigenvalue weighted by Crippen LogP contribution is -2.38. The topological polar surface area (TPSA) is 58.4 Å². The van der Waals surface area contributed by atoms with E-state index in [1.807, 2.05) is 4.40 Å². The lowest BCUT2D eigenvalue weighted by atomic mass is 10.1. The fourth-order valence-electron chi connectivity index (χ4n) is 2.40. The van der Waals surface area contributed by atoms with Crippen molar-refractivity contribution >= 4 is 11.6 Å². The predicted molar refractivity (Wildman–Crippen MR) is 58.2 cm³/mol. The molecular formula is C10H12N6. The van der Waals surface area contributed by atoms with Gasteiger partial charge in [-0.2, -0.15) is 4.98 Å². The summed E-state index contributed by atoms with van der Waals surface area (Å²) in [5.41, 5.74) is 2.57. The maximum atomic E-state index is 4.60. The average Bonchev–Trinajstić information content (AvgIpc) is 2.80. The molecular weight excluding hydrogens is 204 g/mol. The smallest absolute Gasteiger partial charge is 0.257 e. The number of hydrogen-bond acceptors (Lipinski definition) is 5. The van der Waals surface area contributed by atoms with Gasteiger partial charge in [0, 0.05) is 37.4 Å². The van der Waals surface area contributed by atoms with Gasteiger partial charge in [0.25, 0.3) is 5.78 Å². The van der Waals surface area contributed by atoms with E-state index in [2.05, 4.69) is 25.4 Å². The minimum absolute atomic E-state index is 0.712. The maximum absolute atomic E-state index is 4.60. The van der Waals surface area contributed by atoms with Crippen LogP contribution < -0.4 is 10.2 Å². The van der Waals surface area contributed by atoms with Gasteiger partial charge in [-0.05, 0) is 6.42 Å². The van der Waals surface area contributed by atoms with Crippen LogP contribution in [0.4, 0.5) is 5.82 Å². The van der Waals surface area contributed by atoms with Crippen LogP contribution in [0.25, 0.3) is 5.78 Å². The Morgan fingerprint density at radius 2 is 2.19 bits per heavy atom. The van der Waals surface area contributed by atoms with E-state index in [0.29, 0.717) is 5.78 Å². The fourth-order valence-corrected chi connectivity index (χ4v) is 2.40. The van der Waals surface area contributed by atoms with Gasteiger partial charge in [-0.25, -0.2) is 0 Å². The van der Waals surface area contributed by atoms with Gasteiger partial charge in [0.1, 0.15) is 12.1 Å². The molecule has 0 bridgehead atoms. The summed E-state index contributed by atoms with van der Waals surface area (Å²) >= 11 is 0. The van der Waals surface area contributed by atoms with Gasteiger partial charge in [-0.1, -0.05) is 0 Å². The standard InChI is InChI=1S/C10H12N6/c1-2-15(3-1)9-7-4-11-5-8(7)16-6-12-14-10(16)13-9/h6,11H,1-5H2. The Morgan fingerprint density at radius 1 is 1.25 bits per heavy atom. The average molecular weight is 216 g/mol. The van der Waals surface area contributed by atoms with Crippen LogP contribution in [0.5, 0.6) is 0 Å². The first kappa shape index (κ1) is 8.46. The second kappa shape index (κ2) is 2.91. The zero-order chi connectivity index (χ0) is 10.5. The van der Waals surface area contributed by atoms with Gasteiger partial charge in [-0.3, -0.25) is 4.40 Å². The highest BCUT2D eigenvalue weighted by atomic mass is 15.3. The van der Waals surface area contributed by atoms with Crippen molar-refractivity contribution in [2.45, 2.75) is 19.5 Å². The van der Waals surface area contributed by atoms with Crippen LogP contribution in [0.2, 0.25) is 0 Å². The Kier molecular flexibility index (Phi) is 1.54. The molecule has 0 radical (unpaired) electrons. The summed E-state index contributed by atoms with van der Waals surface area (Å²) in [4.78, 5) is 6.92. The Morgan fingerprint density at radius 3 is 3.00 bits per heavy atom. The highest BCUT2D eigenvalue weighted by Crippen LogP contribution is 2.28. The third kappa shape index (κ3) is 0.969. The summed E-state index contributed by atoms with van der Waals surface area (Å²) in [6.45, 7) is 4.02. The Labute approximate surface area is 92.3 Å². The van der Waals surface area contributed by atoms with Crippen LogP contribution in [-0.2, 0) is 13.1 Å². The molecule has 0 unspecified atom stereocenters. The first-order valence-electron chi connectivity index (χ1n) is 5.60. The molecule has 6 heteroatoms. The van der Waals surface area contributed by atoms with Gasteiger partial charge in [0.15, 0.2) is 0 Å². The van der Waals surface area contributed by atoms with Crippen molar-refractivity contribution in [3.05, 3.63) is 17.6 Å². The number of fused-ring (bicyclic) bond motifs is 3. The third-order valence-electron chi connectivity index (χ3n) is 3.39. The molecule has 2 aliphatic heterocycles. The summed E-state index contributed by atoms with van der Waals surface area (Å²) in [6.07, 6.45) is 3.01. The van der Waals surface area contributed by atoms with Crippen molar-refractivity contribution in [2.24, 2.45) is 0 Å². The molecule has 0 aliphatic carbocycles. The first-order chi connectivity index (χ1) is 7.93. The van der Waals surface area contributed by atoms with Crippen LogP contribution in [0.15, 0.2) is 6.33 Å². The normalized spacial score (nSPS) is 18.9. The van der Waals surface area contributed by atoms with Crippen molar-refractivity contribution in [1.82, 2.24) is 24.9 Å². The maximum Gasteiger partial charge on any atom is 0.257 e. The van der Waals surface area contributed by atoms with E-state index in [1.165, 1.54) is 17.7 Å². The van der Waals surface area contributed by atoms with E-state index >= 15 is 0 Å². The number of nitrogens with one attached hydrogen (secondary N) is 1. The Bertz CT molecular complexity index is 556. The second-order valence-corrected chi connectivity index (χ2v) is 4.31. The van der Waals surface area contributed by atoms with Crippen molar-refractivity contribution in [3.8, 4) is 0 Å². The Balaban J connectivity index is 2.00. The van der Waals surface area contributed by atoms with E-state index in [-0.39, 0.29) is 0 Å². The van der Waals surface area contributed by atoms with Crippen LogP contribution >= 0.6 is 0 Å². The number of rotatable bonds is 1. The van der Waals surface area contributed by atoms with Crippen molar-refractivity contribution in [2.75, 3.05) is 18.0 Å². The van der Waals surface area contributed by atoms with E-state index in [0.717, 1.165) is 32.0 Å². The molecule has 1 fully saturated rings. The zero-order valence-corrected chi connectivity index (χ0v) is 8.85. The molecule has 2 aromatic heterocycles. The molecule has 0 atom stereocenters. The molecule has 1 N–H and O–H groups in total. The molecule has 4 rings (SSSR count). The minimum atomic E-state index is 0.712. The third-order valence-corrected chi connectivity index (χ3v) is 3.39. The summed E-state index contributed by atoms with van der Waals surface area (Å²) < 4.78 is 1.98. The molecule has 6 nitrogen and oxygen atoms in total. The van der Waals surface area contributed by atoms with Gasteiger partial charge >= 0.3 is 0 Å². The highest BCUT2D eigenvalue weighted by Gasteiger charge is 2.26. The zero-order valence-electron chi connectivity index (χ0n) is 8.85. The highest BCUT2D eigenvalue weighted by molar-refractivity contribution is 5.56. The lowest BCUT2D eigenvalue weighted by Gasteiger charge is -2.33. The summed E-state index contributed by atoms with van der Waals surface area (Å²) in [5.74, 6) is 1.82. The number of hydrogen-bond donors (Lipinski definition) is 1. The molecule has 0 spiro atoms. The van der Waals surface area contributed by atoms with Crippen LogP contribution in [0.1, 0.15) is 17.7 Å². The lowest BCUT2D eigenvalue weighted by molar-refractivity contribution is 0.605. The predicted octanol–water partition coefficient (Wildman–Crippen LogP) is -0.0624. The number of aromatic nitrogens is 4. The molecule has 16 heavy (non-hydrogen) atoms. The summed E-state index contributed by atoms with van der Waals surface area (Å²) in [7, 11) is 0. The van der Waals surface area contributed by atoms with E-state index < -0.39 is 0 Å². The van der Waals surface area contributed by atoms with Crippen molar-refractivity contribution in [1.29, 1.82) is 0 Å². The molecule has 0 aromatic carbocycles. The molecule has 0 amide bonds. The molecule has 2 aliphatic rings. The van der Waals surface area contributed by atoms with Gasteiger partial charge in [0.05, 0.1) is 0 Å². The van der Waals surface area contributed by atoms with E-state index in [9.17, 15) is 0 Å². The minimum Gasteiger partial charge on any atom is -0.356 e. The number of anilines is 1. The molecule has 1 saturated heterocycles. The van der Waals surface area contributed by atoms with Crippen LogP contribution in [0.3, 0.4) is 0 Å². The summed E-state index contributed by atoms with van der Waals surface area (Å²) in [6, 6.07) is 0. The largest absolute Gasteiger partial charge is 0.356 e. The molecule has 82 valence electrons. The Hall–Kier alpha value is -1.69. The quantitative estimate of drug-likeness (QED) is 0.723. The molecule has 0 saturated carbocycles. The molecule has 4 heterocycles. The van der Waals surface area contributed by atoms with Crippen molar-refractivity contribution < 1.29 is 0 Å². The SMILES string of the molecule is c1nnc2nc(N3CCC3)c3c(n12)CNC3. The van der Waals surface area contributed by atoms with Crippen LogP contribution in [-0.4, -0.2) is 32.7 Å². The fraction of sp³-hybridized carbons (Fsp3) is 0.500. The monoisotopic (exact) mass is 216 g/mol. The van der Waals surface area contributed by atoms with E-state index in [4.69, 9.17) is 0 Å². The first-order valence-corrected chi connectivity index (χ1v) is 5.60. The summed E-state index contributed by atoms with van der Waals surface area (Å²) in [5, 5.41) is 11.3. The van der Waals surface area contributed by atoms with Crippen LogP contribution in [0, 0.1) is 0 Å². The van der Waals surface area contributed by atoms with Gasteiger partial charge in [0.2, 0.25) is 0 Å². The van der Waals surface area contributed by atoms with E-state index in [1.54, 1.807) is 6.33 Å². The second-order valence-electron chi connectivity index (χ2n) is 4.31. The van der Waals surface area contributed by atoms with Gasteiger partial charge < -0.3 is 10.2 Å². The number of nitrogens with zero attached hydrogens (tertiary/aromatic N) is 5.